The zero-order valence-corrected chi connectivity index (χ0v) is 13.6. The second-order valence-electron chi connectivity index (χ2n) is 5.02. The van der Waals surface area contributed by atoms with Gasteiger partial charge in [-0.2, -0.15) is 11.8 Å². The Labute approximate surface area is 129 Å². The van der Waals surface area contributed by atoms with Crippen molar-refractivity contribution in [3.05, 3.63) is 33.9 Å². The second-order valence-corrected chi connectivity index (χ2v) is 5.93. The molecule has 21 heavy (non-hydrogen) atoms. The maximum Gasteiger partial charge on any atom is 0.269 e. The minimum absolute atomic E-state index is 0.0243. The summed E-state index contributed by atoms with van der Waals surface area (Å²) in [5, 5.41) is 13.5. The van der Waals surface area contributed by atoms with Gasteiger partial charge in [-0.15, -0.1) is 0 Å². The number of thioether (sulfide) groups is 1. The molecule has 0 heterocycles. The number of likely N-dealkylation sites (N-methyl/N-ethyl adjacent to an activating group) is 1. The molecule has 1 rings (SSSR count). The summed E-state index contributed by atoms with van der Waals surface area (Å²) >= 11 is 1.74. The van der Waals surface area contributed by atoms with Crippen LogP contribution in [0.2, 0.25) is 0 Å². The Morgan fingerprint density at radius 1 is 1.52 bits per heavy atom. The van der Waals surface area contributed by atoms with Gasteiger partial charge in [0.1, 0.15) is 0 Å². The predicted molar refractivity (Wildman–Crippen MR) is 86.9 cm³/mol. The standard InChI is InChI=1S/C14H21N3O3S/c1-10-7-12(17(19)20)5-6-13(10)15-14(18)8-16(3)11(2)9-21-4/h5-7,11H,8-9H2,1-4H3,(H,15,18)/t11-/m1/s1. The van der Waals surface area contributed by atoms with Crippen LogP contribution in [0.1, 0.15) is 12.5 Å². The van der Waals surface area contributed by atoms with E-state index in [0.717, 1.165) is 5.75 Å². The minimum Gasteiger partial charge on any atom is -0.325 e. The monoisotopic (exact) mass is 311 g/mol. The average Bonchev–Trinajstić information content (AvgIpc) is 2.40. The third kappa shape index (κ3) is 5.35. The lowest BCUT2D eigenvalue weighted by atomic mass is 10.2. The Kier molecular flexibility index (Phi) is 6.64. The first-order valence-electron chi connectivity index (χ1n) is 6.59. The van der Waals surface area contributed by atoms with Crippen molar-refractivity contribution in [3.8, 4) is 0 Å². The van der Waals surface area contributed by atoms with Crippen LogP contribution in [-0.4, -0.2) is 47.4 Å². The summed E-state index contributed by atoms with van der Waals surface area (Å²) in [6, 6.07) is 4.72. The highest BCUT2D eigenvalue weighted by Gasteiger charge is 2.14. The van der Waals surface area contributed by atoms with Crippen molar-refractivity contribution >= 4 is 29.0 Å². The molecule has 1 N–H and O–H groups in total. The second kappa shape index (κ2) is 7.99. The van der Waals surface area contributed by atoms with Crippen molar-refractivity contribution in [2.75, 3.05) is 30.9 Å². The highest BCUT2D eigenvalue weighted by molar-refractivity contribution is 7.98. The lowest BCUT2D eigenvalue weighted by Crippen LogP contribution is -2.37. The van der Waals surface area contributed by atoms with E-state index in [1.54, 1.807) is 24.8 Å². The van der Waals surface area contributed by atoms with Gasteiger partial charge in [-0.1, -0.05) is 0 Å². The molecule has 0 radical (unpaired) electrons. The predicted octanol–water partition coefficient (Wildman–Crippen LogP) is 2.53. The molecule has 0 aromatic heterocycles. The van der Waals surface area contributed by atoms with E-state index in [2.05, 4.69) is 12.2 Å². The fourth-order valence-corrected chi connectivity index (χ4v) is 2.58. The van der Waals surface area contributed by atoms with Gasteiger partial charge in [-0.3, -0.25) is 19.8 Å². The first-order chi connectivity index (χ1) is 9.85. The van der Waals surface area contributed by atoms with Crippen molar-refractivity contribution in [1.82, 2.24) is 4.90 Å². The molecule has 116 valence electrons. The molecule has 1 amide bonds. The van der Waals surface area contributed by atoms with Crippen LogP contribution >= 0.6 is 11.8 Å². The van der Waals surface area contributed by atoms with Crippen LogP contribution in [0.15, 0.2) is 18.2 Å². The molecule has 0 aliphatic rings. The van der Waals surface area contributed by atoms with Crippen molar-refractivity contribution < 1.29 is 9.72 Å². The zero-order chi connectivity index (χ0) is 16.0. The number of benzene rings is 1. The fourth-order valence-electron chi connectivity index (χ4n) is 1.84. The number of anilines is 1. The molecular formula is C14H21N3O3S. The lowest BCUT2D eigenvalue weighted by Gasteiger charge is -2.23. The number of nitrogens with one attached hydrogen (secondary N) is 1. The van der Waals surface area contributed by atoms with Gasteiger partial charge in [-0.05, 0) is 38.8 Å². The number of nitro groups is 1. The number of hydrogen-bond donors (Lipinski definition) is 1. The Hall–Kier alpha value is -1.60. The molecule has 0 aliphatic heterocycles. The van der Waals surface area contributed by atoms with E-state index in [1.807, 2.05) is 18.2 Å². The lowest BCUT2D eigenvalue weighted by molar-refractivity contribution is -0.384. The zero-order valence-electron chi connectivity index (χ0n) is 12.8. The first kappa shape index (κ1) is 17.5. The van der Waals surface area contributed by atoms with Gasteiger partial charge in [-0.25, -0.2) is 0 Å². The number of carbonyl (C=O) groups is 1. The van der Waals surface area contributed by atoms with Gasteiger partial charge >= 0.3 is 0 Å². The van der Waals surface area contributed by atoms with Gasteiger partial charge in [0, 0.05) is 29.6 Å². The van der Waals surface area contributed by atoms with E-state index in [4.69, 9.17) is 0 Å². The summed E-state index contributed by atoms with van der Waals surface area (Å²) < 4.78 is 0. The first-order valence-corrected chi connectivity index (χ1v) is 7.98. The highest BCUT2D eigenvalue weighted by Crippen LogP contribution is 2.21. The minimum atomic E-state index is -0.448. The summed E-state index contributed by atoms with van der Waals surface area (Å²) in [6.45, 7) is 4.10. The summed E-state index contributed by atoms with van der Waals surface area (Å²) in [5.74, 6) is 0.836. The molecule has 0 fully saturated rings. The van der Waals surface area contributed by atoms with E-state index in [0.29, 0.717) is 17.3 Å². The van der Waals surface area contributed by atoms with Crippen molar-refractivity contribution in [2.45, 2.75) is 19.9 Å². The maximum absolute atomic E-state index is 12.0. The summed E-state index contributed by atoms with van der Waals surface area (Å²) in [6.07, 6.45) is 2.03. The molecule has 6 nitrogen and oxygen atoms in total. The molecule has 0 saturated heterocycles. The molecule has 1 aromatic carbocycles. The van der Waals surface area contributed by atoms with Crippen LogP contribution in [0.5, 0.6) is 0 Å². The SMILES string of the molecule is CSC[C@@H](C)N(C)CC(=O)Nc1ccc([N+](=O)[O-])cc1C. The Bertz CT molecular complexity index is 522. The largest absolute Gasteiger partial charge is 0.325 e. The molecule has 0 aliphatic carbocycles. The van der Waals surface area contributed by atoms with Gasteiger partial charge in [0.2, 0.25) is 5.91 Å². The number of nitro benzene ring substituents is 1. The van der Waals surface area contributed by atoms with E-state index in [9.17, 15) is 14.9 Å². The maximum atomic E-state index is 12.0. The van der Waals surface area contributed by atoms with Crippen molar-refractivity contribution in [3.63, 3.8) is 0 Å². The van der Waals surface area contributed by atoms with E-state index < -0.39 is 4.92 Å². The average molecular weight is 311 g/mol. The molecule has 1 atom stereocenters. The fraction of sp³-hybridized carbons (Fsp3) is 0.500. The van der Waals surface area contributed by atoms with Crippen LogP contribution < -0.4 is 5.32 Å². The molecule has 0 saturated carbocycles. The molecule has 1 aromatic rings. The van der Waals surface area contributed by atoms with E-state index in [1.165, 1.54) is 12.1 Å². The number of non-ortho nitro benzene ring substituents is 1. The molecule has 0 unspecified atom stereocenters. The molecular weight excluding hydrogens is 290 g/mol. The summed E-state index contributed by atoms with van der Waals surface area (Å²) in [5.41, 5.74) is 1.31. The van der Waals surface area contributed by atoms with Gasteiger partial charge < -0.3 is 5.32 Å². The smallest absolute Gasteiger partial charge is 0.269 e. The Morgan fingerprint density at radius 2 is 2.19 bits per heavy atom. The number of nitrogens with zero attached hydrogens (tertiary/aromatic N) is 2. The summed E-state index contributed by atoms with van der Waals surface area (Å²) in [4.78, 5) is 24.2. The third-order valence-corrected chi connectivity index (χ3v) is 4.06. The highest BCUT2D eigenvalue weighted by atomic mass is 32.2. The number of rotatable bonds is 7. The normalized spacial score (nSPS) is 12.2. The van der Waals surface area contributed by atoms with Crippen molar-refractivity contribution in [2.24, 2.45) is 0 Å². The number of hydrogen-bond acceptors (Lipinski definition) is 5. The van der Waals surface area contributed by atoms with Crippen LogP contribution in [0, 0.1) is 17.0 Å². The number of aryl methyl sites for hydroxylation is 1. The Morgan fingerprint density at radius 3 is 2.71 bits per heavy atom. The number of amides is 1. The van der Waals surface area contributed by atoms with Crippen molar-refractivity contribution in [1.29, 1.82) is 0 Å². The molecule has 0 bridgehead atoms. The Balaban J connectivity index is 2.65. The topological polar surface area (TPSA) is 75.5 Å². The van der Waals surface area contributed by atoms with Gasteiger partial charge in [0.25, 0.3) is 5.69 Å². The number of carbonyl (C=O) groups excluding carboxylic acids is 1. The van der Waals surface area contributed by atoms with Gasteiger partial charge in [0.05, 0.1) is 11.5 Å². The summed E-state index contributed by atoms with van der Waals surface area (Å²) in [7, 11) is 1.91. The quantitative estimate of drug-likeness (QED) is 0.618. The molecule has 7 heteroatoms. The molecule has 0 spiro atoms. The van der Waals surface area contributed by atoms with Crippen LogP contribution in [-0.2, 0) is 4.79 Å². The van der Waals surface area contributed by atoms with E-state index >= 15 is 0 Å². The third-order valence-electron chi connectivity index (χ3n) is 3.25. The van der Waals surface area contributed by atoms with Gasteiger partial charge in [0.15, 0.2) is 0 Å². The van der Waals surface area contributed by atoms with Crippen LogP contribution in [0.25, 0.3) is 0 Å². The van der Waals surface area contributed by atoms with E-state index in [-0.39, 0.29) is 18.1 Å². The van der Waals surface area contributed by atoms with Crippen LogP contribution in [0.3, 0.4) is 0 Å². The van der Waals surface area contributed by atoms with Crippen LogP contribution in [0.4, 0.5) is 11.4 Å².